The first-order valence-electron chi connectivity index (χ1n) is 5.20. The van der Waals surface area contributed by atoms with Crippen LogP contribution in [0.25, 0.3) is 0 Å². The number of nitrogens with two attached hydrogens (primary N) is 1. The van der Waals surface area contributed by atoms with E-state index in [1.807, 2.05) is 0 Å². The molecule has 88 valence electrons. The summed E-state index contributed by atoms with van der Waals surface area (Å²) in [5.41, 5.74) is 5.37. The van der Waals surface area contributed by atoms with Crippen LogP contribution < -0.4 is 5.73 Å². The minimum atomic E-state index is -3.03. The van der Waals surface area contributed by atoms with Gasteiger partial charge in [0.1, 0.15) is 0 Å². The zero-order valence-corrected chi connectivity index (χ0v) is 9.79. The molecular weight excluding hydrogens is 216 g/mol. The molecule has 0 aromatic carbocycles. The van der Waals surface area contributed by atoms with Gasteiger partial charge in [-0.3, -0.25) is 4.79 Å². The third-order valence-corrected chi connectivity index (χ3v) is 4.87. The van der Waals surface area contributed by atoms with E-state index in [1.54, 1.807) is 11.8 Å². The van der Waals surface area contributed by atoms with Crippen LogP contribution in [-0.2, 0) is 14.6 Å². The topological polar surface area (TPSA) is 80.5 Å². The third-order valence-electron chi connectivity index (χ3n) is 2.72. The molecule has 0 aromatic heterocycles. The molecule has 5 nitrogen and oxygen atoms in total. The maximum absolute atomic E-state index is 11.6. The Labute approximate surface area is 90.5 Å². The summed E-state index contributed by atoms with van der Waals surface area (Å²) in [6.07, 6.45) is 0.866. The highest BCUT2D eigenvalue weighted by Gasteiger charge is 2.33. The van der Waals surface area contributed by atoms with Crippen LogP contribution in [-0.4, -0.2) is 49.9 Å². The highest BCUT2D eigenvalue weighted by atomic mass is 32.2. The summed E-state index contributed by atoms with van der Waals surface area (Å²) < 4.78 is 23.3. The Morgan fingerprint density at radius 3 is 2.73 bits per heavy atom. The van der Waals surface area contributed by atoms with Crippen molar-refractivity contribution in [3.05, 3.63) is 0 Å². The van der Waals surface area contributed by atoms with Crippen molar-refractivity contribution in [1.82, 2.24) is 4.90 Å². The molecule has 1 fully saturated rings. The molecule has 0 aliphatic carbocycles. The van der Waals surface area contributed by atoms with Gasteiger partial charge in [0.2, 0.25) is 5.91 Å². The smallest absolute Gasteiger partial charge is 0.222 e. The van der Waals surface area contributed by atoms with Crippen LogP contribution >= 0.6 is 0 Å². The second-order valence-corrected chi connectivity index (χ2v) is 6.16. The summed E-state index contributed by atoms with van der Waals surface area (Å²) >= 11 is 0. The fraction of sp³-hybridized carbons (Fsp3) is 0.889. The number of amides is 1. The molecule has 0 spiro atoms. The van der Waals surface area contributed by atoms with Crippen LogP contribution in [0.4, 0.5) is 0 Å². The third kappa shape index (κ3) is 2.92. The first kappa shape index (κ1) is 12.4. The molecule has 1 aliphatic rings. The van der Waals surface area contributed by atoms with Gasteiger partial charge in [-0.2, -0.15) is 0 Å². The number of carbonyl (C=O) groups excluding carboxylic acids is 1. The fourth-order valence-electron chi connectivity index (χ4n) is 1.76. The fourth-order valence-corrected chi connectivity index (χ4v) is 3.47. The molecule has 1 aliphatic heterocycles. The molecule has 1 unspecified atom stereocenters. The Bertz CT molecular complexity index is 326. The Morgan fingerprint density at radius 1 is 1.53 bits per heavy atom. The molecule has 1 heterocycles. The van der Waals surface area contributed by atoms with E-state index in [2.05, 4.69) is 0 Å². The second-order valence-electron chi connectivity index (χ2n) is 3.76. The lowest BCUT2D eigenvalue weighted by atomic mass is 10.2. The van der Waals surface area contributed by atoms with Gasteiger partial charge in [0, 0.05) is 19.5 Å². The quantitative estimate of drug-likeness (QED) is 0.705. The first-order chi connectivity index (χ1) is 7.01. The van der Waals surface area contributed by atoms with Crippen LogP contribution in [0.3, 0.4) is 0 Å². The zero-order valence-electron chi connectivity index (χ0n) is 8.98. The molecule has 1 atom stereocenters. The van der Waals surface area contributed by atoms with Gasteiger partial charge in [0.15, 0.2) is 9.84 Å². The molecule has 1 rings (SSSR count). The number of carbonyl (C=O) groups is 1. The highest BCUT2D eigenvalue weighted by molar-refractivity contribution is 7.92. The van der Waals surface area contributed by atoms with Gasteiger partial charge in [-0.25, -0.2) is 8.42 Å². The van der Waals surface area contributed by atoms with E-state index in [9.17, 15) is 13.2 Å². The summed E-state index contributed by atoms with van der Waals surface area (Å²) in [4.78, 5) is 13.1. The van der Waals surface area contributed by atoms with E-state index in [4.69, 9.17) is 5.73 Å². The van der Waals surface area contributed by atoms with Crippen molar-refractivity contribution in [1.29, 1.82) is 0 Å². The van der Waals surface area contributed by atoms with Gasteiger partial charge >= 0.3 is 0 Å². The monoisotopic (exact) mass is 234 g/mol. The van der Waals surface area contributed by atoms with Crippen molar-refractivity contribution < 1.29 is 13.2 Å². The Kier molecular flexibility index (Phi) is 4.10. The molecule has 1 amide bonds. The van der Waals surface area contributed by atoms with Crippen molar-refractivity contribution in [2.45, 2.75) is 25.0 Å². The van der Waals surface area contributed by atoms with E-state index in [0.29, 0.717) is 32.5 Å². The molecule has 1 saturated heterocycles. The Morgan fingerprint density at radius 2 is 2.20 bits per heavy atom. The predicted molar refractivity (Wildman–Crippen MR) is 58.1 cm³/mol. The van der Waals surface area contributed by atoms with Crippen molar-refractivity contribution in [3.8, 4) is 0 Å². The standard InChI is InChI=1S/C9H18N2O3S/c1-2-9(12)11-5-6-15(13,14)8(7-11)3-4-10/h8H,2-7,10H2,1H3. The lowest BCUT2D eigenvalue weighted by Gasteiger charge is -2.32. The van der Waals surface area contributed by atoms with Gasteiger partial charge in [-0.15, -0.1) is 0 Å². The second kappa shape index (κ2) is 4.94. The average Bonchev–Trinajstić information content (AvgIpc) is 2.20. The first-order valence-corrected chi connectivity index (χ1v) is 6.92. The Hall–Kier alpha value is -0.620. The van der Waals surface area contributed by atoms with Crippen molar-refractivity contribution >= 4 is 15.7 Å². The van der Waals surface area contributed by atoms with Crippen LogP contribution in [0.1, 0.15) is 19.8 Å². The number of hydrogen-bond acceptors (Lipinski definition) is 4. The van der Waals surface area contributed by atoms with Gasteiger partial charge < -0.3 is 10.6 Å². The molecule has 6 heteroatoms. The largest absolute Gasteiger partial charge is 0.340 e. The molecule has 0 saturated carbocycles. The molecule has 2 N–H and O–H groups in total. The summed E-state index contributed by atoms with van der Waals surface area (Å²) in [5, 5.41) is -0.466. The molecule has 0 bridgehead atoms. The van der Waals surface area contributed by atoms with E-state index in [0.717, 1.165) is 0 Å². The zero-order chi connectivity index (χ0) is 11.5. The minimum Gasteiger partial charge on any atom is -0.340 e. The van der Waals surface area contributed by atoms with Gasteiger partial charge in [-0.1, -0.05) is 6.92 Å². The summed E-state index contributed by atoms with van der Waals surface area (Å²) in [7, 11) is -3.03. The van der Waals surface area contributed by atoms with E-state index < -0.39 is 15.1 Å². The molecule has 0 aromatic rings. The molecule has 0 radical (unpaired) electrons. The predicted octanol–water partition coefficient (Wildman–Crippen LogP) is -0.629. The van der Waals surface area contributed by atoms with Crippen molar-refractivity contribution in [2.75, 3.05) is 25.4 Å². The van der Waals surface area contributed by atoms with E-state index in [-0.39, 0.29) is 11.7 Å². The molecular formula is C9H18N2O3S. The maximum Gasteiger partial charge on any atom is 0.222 e. The maximum atomic E-state index is 11.6. The van der Waals surface area contributed by atoms with Gasteiger partial charge in [0.05, 0.1) is 11.0 Å². The van der Waals surface area contributed by atoms with Crippen LogP contribution in [0, 0.1) is 0 Å². The van der Waals surface area contributed by atoms with Gasteiger partial charge in [-0.05, 0) is 13.0 Å². The lowest BCUT2D eigenvalue weighted by Crippen LogP contribution is -2.49. The highest BCUT2D eigenvalue weighted by Crippen LogP contribution is 2.15. The average molecular weight is 234 g/mol. The minimum absolute atomic E-state index is 0.0203. The van der Waals surface area contributed by atoms with E-state index in [1.165, 1.54) is 0 Å². The summed E-state index contributed by atoms with van der Waals surface area (Å²) in [6.45, 7) is 2.77. The van der Waals surface area contributed by atoms with Crippen LogP contribution in [0.15, 0.2) is 0 Å². The van der Waals surface area contributed by atoms with Crippen molar-refractivity contribution in [2.24, 2.45) is 5.73 Å². The normalized spacial score (nSPS) is 25.2. The van der Waals surface area contributed by atoms with Gasteiger partial charge in [0.25, 0.3) is 0 Å². The number of nitrogens with zero attached hydrogens (tertiary/aromatic N) is 1. The Balaban J connectivity index is 2.70. The summed E-state index contributed by atoms with van der Waals surface area (Å²) in [6, 6.07) is 0. The molecule has 15 heavy (non-hydrogen) atoms. The van der Waals surface area contributed by atoms with Crippen LogP contribution in [0.5, 0.6) is 0 Å². The number of sulfone groups is 1. The SMILES string of the molecule is CCC(=O)N1CCS(=O)(=O)C(CCN)C1. The van der Waals surface area contributed by atoms with E-state index >= 15 is 0 Å². The summed E-state index contributed by atoms with van der Waals surface area (Å²) in [5.74, 6) is 0.0931. The van der Waals surface area contributed by atoms with Crippen LogP contribution in [0.2, 0.25) is 0 Å². The lowest BCUT2D eigenvalue weighted by molar-refractivity contribution is -0.130. The number of rotatable bonds is 3. The van der Waals surface area contributed by atoms with Crippen molar-refractivity contribution in [3.63, 3.8) is 0 Å². The number of hydrogen-bond donors (Lipinski definition) is 1.